The van der Waals surface area contributed by atoms with E-state index in [4.69, 9.17) is 14.9 Å². The van der Waals surface area contributed by atoms with Crippen molar-refractivity contribution in [3.05, 3.63) is 29.5 Å². The third kappa shape index (κ3) is 2.23. The van der Waals surface area contributed by atoms with Gasteiger partial charge >= 0.3 is 0 Å². The number of hydrogen-bond donors (Lipinski definition) is 1. The Morgan fingerprint density at radius 1 is 1.28 bits per heavy atom. The summed E-state index contributed by atoms with van der Waals surface area (Å²) in [6.45, 7) is 7.14. The molecule has 18 heavy (non-hydrogen) atoms. The highest BCUT2D eigenvalue weighted by Gasteiger charge is 2.21. The molecule has 0 aliphatic heterocycles. The van der Waals surface area contributed by atoms with E-state index in [1.54, 1.807) is 7.11 Å². The van der Waals surface area contributed by atoms with Crippen LogP contribution in [0.3, 0.4) is 0 Å². The number of ether oxygens (including phenoxy) is 1. The van der Waals surface area contributed by atoms with E-state index < -0.39 is 0 Å². The Bertz CT molecular complexity index is 549. The number of methoxy groups -OCH3 is 1. The Hall–Kier alpha value is -1.48. The molecule has 0 fully saturated rings. The van der Waals surface area contributed by atoms with E-state index in [2.05, 4.69) is 26.8 Å². The first-order valence-electron chi connectivity index (χ1n) is 6.26. The smallest absolute Gasteiger partial charge is 0.138 e. The standard InChI is InChI=1S/C15H21NO2/c1-15(2,3)13-8-11(17-4)7-12-10(5-6-16)9-18-14(12)13/h7-9H,5-6,16H2,1-4H3. The van der Waals surface area contributed by atoms with Crippen LogP contribution in [0.1, 0.15) is 31.9 Å². The maximum absolute atomic E-state index is 5.75. The molecular weight excluding hydrogens is 226 g/mol. The molecule has 1 aromatic heterocycles. The Kier molecular flexibility index (Phi) is 3.35. The zero-order valence-corrected chi connectivity index (χ0v) is 11.5. The summed E-state index contributed by atoms with van der Waals surface area (Å²) in [5.41, 5.74) is 8.92. The molecule has 1 heterocycles. The minimum absolute atomic E-state index is 0.0185. The number of rotatable bonds is 3. The van der Waals surface area contributed by atoms with Crippen molar-refractivity contribution < 1.29 is 9.15 Å². The van der Waals surface area contributed by atoms with Crippen LogP contribution in [0.2, 0.25) is 0 Å². The van der Waals surface area contributed by atoms with Gasteiger partial charge in [0, 0.05) is 10.9 Å². The van der Waals surface area contributed by atoms with Gasteiger partial charge in [0.05, 0.1) is 13.4 Å². The van der Waals surface area contributed by atoms with E-state index in [1.165, 1.54) is 5.56 Å². The molecule has 2 aromatic rings. The van der Waals surface area contributed by atoms with Crippen molar-refractivity contribution in [2.45, 2.75) is 32.6 Å². The number of furan rings is 1. The van der Waals surface area contributed by atoms with Crippen LogP contribution in [-0.2, 0) is 11.8 Å². The summed E-state index contributed by atoms with van der Waals surface area (Å²) in [5.74, 6) is 0.868. The number of hydrogen-bond acceptors (Lipinski definition) is 3. The molecule has 98 valence electrons. The molecule has 0 unspecified atom stereocenters. The second-order valence-corrected chi connectivity index (χ2v) is 5.60. The lowest BCUT2D eigenvalue weighted by Gasteiger charge is -2.20. The number of nitrogens with two attached hydrogens (primary N) is 1. The van der Waals surface area contributed by atoms with Gasteiger partial charge in [-0.3, -0.25) is 0 Å². The van der Waals surface area contributed by atoms with Crippen LogP contribution in [-0.4, -0.2) is 13.7 Å². The van der Waals surface area contributed by atoms with Crippen LogP contribution >= 0.6 is 0 Å². The molecule has 0 amide bonds. The summed E-state index contributed by atoms with van der Waals surface area (Å²) in [4.78, 5) is 0. The van der Waals surface area contributed by atoms with Crippen molar-refractivity contribution in [3.63, 3.8) is 0 Å². The highest BCUT2D eigenvalue weighted by atomic mass is 16.5. The van der Waals surface area contributed by atoms with Gasteiger partial charge in [0.2, 0.25) is 0 Å². The Labute approximate surface area is 108 Å². The van der Waals surface area contributed by atoms with Crippen LogP contribution in [0.4, 0.5) is 0 Å². The summed E-state index contributed by atoms with van der Waals surface area (Å²) in [7, 11) is 1.69. The SMILES string of the molecule is COc1cc(C(C)(C)C)c2occ(CCN)c2c1. The summed E-state index contributed by atoms with van der Waals surface area (Å²) in [6, 6.07) is 4.08. The lowest BCUT2D eigenvalue weighted by molar-refractivity contribution is 0.413. The molecule has 0 bridgehead atoms. The zero-order valence-electron chi connectivity index (χ0n) is 11.5. The molecule has 0 aliphatic carbocycles. The first-order chi connectivity index (χ1) is 8.47. The largest absolute Gasteiger partial charge is 0.497 e. The Balaban J connectivity index is 2.70. The van der Waals surface area contributed by atoms with Gasteiger partial charge in [-0.15, -0.1) is 0 Å². The topological polar surface area (TPSA) is 48.4 Å². The Morgan fingerprint density at radius 3 is 2.56 bits per heavy atom. The fourth-order valence-corrected chi connectivity index (χ4v) is 2.19. The maximum Gasteiger partial charge on any atom is 0.138 e. The summed E-state index contributed by atoms with van der Waals surface area (Å²) in [5, 5.41) is 1.12. The van der Waals surface area contributed by atoms with Crippen LogP contribution in [0.25, 0.3) is 11.0 Å². The molecule has 0 radical (unpaired) electrons. The number of fused-ring (bicyclic) bond motifs is 1. The molecule has 1 aromatic carbocycles. The lowest BCUT2D eigenvalue weighted by Crippen LogP contribution is -2.11. The van der Waals surface area contributed by atoms with Gasteiger partial charge in [-0.25, -0.2) is 0 Å². The van der Waals surface area contributed by atoms with Gasteiger partial charge in [-0.2, -0.15) is 0 Å². The molecular formula is C15H21NO2. The maximum atomic E-state index is 5.75. The van der Waals surface area contributed by atoms with Crippen LogP contribution < -0.4 is 10.5 Å². The summed E-state index contributed by atoms with van der Waals surface area (Å²) >= 11 is 0. The summed E-state index contributed by atoms with van der Waals surface area (Å²) < 4.78 is 11.1. The third-order valence-corrected chi connectivity index (χ3v) is 3.18. The lowest BCUT2D eigenvalue weighted by atomic mass is 9.85. The average Bonchev–Trinajstić information content (AvgIpc) is 2.70. The van der Waals surface area contributed by atoms with Crippen molar-refractivity contribution in [2.24, 2.45) is 5.73 Å². The first kappa shape index (κ1) is 13.0. The van der Waals surface area contributed by atoms with Gasteiger partial charge in [0.1, 0.15) is 11.3 Å². The van der Waals surface area contributed by atoms with Crippen LogP contribution in [0.15, 0.2) is 22.8 Å². The van der Waals surface area contributed by atoms with Gasteiger partial charge in [-0.05, 0) is 36.1 Å². The van der Waals surface area contributed by atoms with Gasteiger partial charge in [0.15, 0.2) is 0 Å². The highest BCUT2D eigenvalue weighted by Crippen LogP contribution is 2.36. The van der Waals surface area contributed by atoms with Crippen molar-refractivity contribution in [2.75, 3.05) is 13.7 Å². The van der Waals surface area contributed by atoms with E-state index in [0.717, 1.165) is 28.7 Å². The fourth-order valence-electron chi connectivity index (χ4n) is 2.19. The quantitative estimate of drug-likeness (QED) is 0.905. The summed E-state index contributed by atoms with van der Waals surface area (Å²) in [6.07, 6.45) is 2.63. The Morgan fingerprint density at radius 2 is 2.00 bits per heavy atom. The van der Waals surface area contributed by atoms with Crippen molar-refractivity contribution in [3.8, 4) is 5.75 Å². The highest BCUT2D eigenvalue weighted by molar-refractivity contribution is 5.86. The van der Waals surface area contributed by atoms with Crippen molar-refractivity contribution in [1.82, 2.24) is 0 Å². The van der Waals surface area contributed by atoms with E-state index in [1.807, 2.05) is 12.3 Å². The van der Waals surface area contributed by atoms with E-state index in [0.29, 0.717) is 6.54 Å². The number of benzene rings is 1. The molecule has 0 spiro atoms. The minimum Gasteiger partial charge on any atom is -0.497 e. The molecule has 2 rings (SSSR count). The molecule has 0 saturated carbocycles. The van der Waals surface area contributed by atoms with E-state index in [-0.39, 0.29) is 5.41 Å². The molecule has 2 N–H and O–H groups in total. The zero-order chi connectivity index (χ0) is 13.3. The van der Waals surface area contributed by atoms with Gasteiger partial charge in [-0.1, -0.05) is 20.8 Å². The minimum atomic E-state index is 0.0185. The van der Waals surface area contributed by atoms with Gasteiger partial charge in [0.25, 0.3) is 0 Å². The molecule has 0 aliphatic rings. The molecule has 3 nitrogen and oxygen atoms in total. The van der Waals surface area contributed by atoms with E-state index >= 15 is 0 Å². The van der Waals surface area contributed by atoms with Crippen molar-refractivity contribution in [1.29, 1.82) is 0 Å². The van der Waals surface area contributed by atoms with Crippen molar-refractivity contribution >= 4 is 11.0 Å². The molecule has 0 saturated heterocycles. The monoisotopic (exact) mass is 247 g/mol. The fraction of sp³-hybridized carbons (Fsp3) is 0.467. The third-order valence-electron chi connectivity index (χ3n) is 3.18. The van der Waals surface area contributed by atoms with Gasteiger partial charge < -0.3 is 14.9 Å². The molecule has 3 heteroatoms. The second-order valence-electron chi connectivity index (χ2n) is 5.60. The van der Waals surface area contributed by atoms with Crippen LogP contribution in [0.5, 0.6) is 5.75 Å². The van der Waals surface area contributed by atoms with Crippen LogP contribution in [0, 0.1) is 0 Å². The average molecular weight is 247 g/mol. The predicted octanol–water partition coefficient (Wildman–Crippen LogP) is 3.24. The first-order valence-corrected chi connectivity index (χ1v) is 6.26. The van der Waals surface area contributed by atoms with E-state index in [9.17, 15) is 0 Å². The second kappa shape index (κ2) is 4.65. The normalized spacial score (nSPS) is 12.1. The predicted molar refractivity (Wildman–Crippen MR) is 74.2 cm³/mol. The molecule has 0 atom stereocenters.